The predicted molar refractivity (Wildman–Crippen MR) is 73.0 cm³/mol. The standard InChI is InChI=1S/C15H20F2N2O/c16-12-6-5-10(9-13(12)17)7-8-19-14-4-2-1-3-11(14)15(18)20/h5-6,9,11,14,19H,1-4,7-8H2,(H2,18,20). The molecule has 1 aliphatic carbocycles. The average Bonchev–Trinajstić information content (AvgIpc) is 2.43. The first kappa shape index (κ1) is 14.9. The lowest BCUT2D eigenvalue weighted by atomic mass is 9.84. The van der Waals surface area contributed by atoms with Gasteiger partial charge < -0.3 is 11.1 Å². The second kappa shape index (κ2) is 6.79. The molecule has 3 nitrogen and oxygen atoms in total. The van der Waals surface area contributed by atoms with Crippen LogP contribution < -0.4 is 11.1 Å². The summed E-state index contributed by atoms with van der Waals surface area (Å²) in [4.78, 5) is 11.4. The Morgan fingerprint density at radius 3 is 2.70 bits per heavy atom. The quantitative estimate of drug-likeness (QED) is 0.869. The summed E-state index contributed by atoms with van der Waals surface area (Å²) in [5.74, 6) is -2.03. The lowest BCUT2D eigenvalue weighted by Gasteiger charge is -2.30. The van der Waals surface area contributed by atoms with Gasteiger partial charge in [0, 0.05) is 6.04 Å². The highest BCUT2D eigenvalue weighted by atomic mass is 19.2. The van der Waals surface area contributed by atoms with E-state index in [-0.39, 0.29) is 17.9 Å². The molecule has 5 heteroatoms. The Kier molecular flexibility index (Phi) is 5.06. The van der Waals surface area contributed by atoms with Crippen LogP contribution in [0.3, 0.4) is 0 Å². The molecule has 0 radical (unpaired) electrons. The number of primary amides is 1. The molecule has 1 aliphatic rings. The van der Waals surface area contributed by atoms with E-state index in [1.807, 2.05) is 0 Å². The zero-order valence-electron chi connectivity index (χ0n) is 11.4. The zero-order valence-corrected chi connectivity index (χ0v) is 11.4. The summed E-state index contributed by atoms with van der Waals surface area (Å²) in [6.45, 7) is 0.625. The number of halogens is 2. The average molecular weight is 282 g/mol. The van der Waals surface area contributed by atoms with Crippen molar-refractivity contribution in [3.8, 4) is 0 Å². The Labute approximate surface area is 117 Å². The van der Waals surface area contributed by atoms with Gasteiger partial charge in [0.1, 0.15) is 0 Å². The van der Waals surface area contributed by atoms with Crippen LogP contribution >= 0.6 is 0 Å². The van der Waals surface area contributed by atoms with Crippen molar-refractivity contribution in [3.05, 3.63) is 35.4 Å². The minimum Gasteiger partial charge on any atom is -0.369 e. The van der Waals surface area contributed by atoms with Crippen LogP contribution in [0.5, 0.6) is 0 Å². The molecule has 1 amide bonds. The summed E-state index contributed by atoms with van der Waals surface area (Å²) in [6, 6.07) is 4.03. The molecular formula is C15H20F2N2O. The summed E-state index contributed by atoms with van der Waals surface area (Å²) in [5, 5.41) is 3.32. The van der Waals surface area contributed by atoms with Crippen LogP contribution in [0.2, 0.25) is 0 Å². The van der Waals surface area contributed by atoms with E-state index >= 15 is 0 Å². The van der Waals surface area contributed by atoms with Crippen LogP contribution in [0.4, 0.5) is 8.78 Å². The largest absolute Gasteiger partial charge is 0.369 e. The van der Waals surface area contributed by atoms with Gasteiger partial charge in [-0.05, 0) is 43.5 Å². The summed E-state index contributed by atoms with van der Waals surface area (Å²) < 4.78 is 25.9. The summed E-state index contributed by atoms with van der Waals surface area (Å²) in [7, 11) is 0. The van der Waals surface area contributed by atoms with Gasteiger partial charge in [-0.2, -0.15) is 0 Å². The molecule has 0 aromatic heterocycles. The number of nitrogens with two attached hydrogens (primary N) is 1. The molecule has 2 atom stereocenters. The van der Waals surface area contributed by atoms with Crippen molar-refractivity contribution >= 4 is 5.91 Å². The SMILES string of the molecule is NC(=O)C1CCCCC1NCCc1ccc(F)c(F)c1. The topological polar surface area (TPSA) is 55.1 Å². The van der Waals surface area contributed by atoms with Gasteiger partial charge in [-0.1, -0.05) is 18.9 Å². The molecule has 0 spiro atoms. The molecule has 1 saturated carbocycles. The number of nitrogens with one attached hydrogen (secondary N) is 1. The fraction of sp³-hybridized carbons (Fsp3) is 0.533. The van der Waals surface area contributed by atoms with Crippen LogP contribution in [-0.2, 0) is 11.2 Å². The van der Waals surface area contributed by atoms with Gasteiger partial charge in [0.15, 0.2) is 11.6 Å². The predicted octanol–water partition coefficient (Wildman–Crippen LogP) is 2.14. The monoisotopic (exact) mass is 282 g/mol. The molecule has 0 aliphatic heterocycles. The van der Waals surface area contributed by atoms with Crippen molar-refractivity contribution in [2.45, 2.75) is 38.1 Å². The maximum Gasteiger partial charge on any atom is 0.222 e. The van der Waals surface area contributed by atoms with Gasteiger partial charge >= 0.3 is 0 Å². The van der Waals surface area contributed by atoms with Gasteiger partial charge in [0.05, 0.1) is 5.92 Å². The molecule has 110 valence electrons. The lowest BCUT2D eigenvalue weighted by molar-refractivity contribution is -0.123. The van der Waals surface area contributed by atoms with E-state index in [0.717, 1.165) is 37.3 Å². The third-order valence-electron chi connectivity index (χ3n) is 3.94. The van der Waals surface area contributed by atoms with E-state index < -0.39 is 11.6 Å². The smallest absolute Gasteiger partial charge is 0.222 e. The van der Waals surface area contributed by atoms with Gasteiger partial charge in [-0.25, -0.2) is 8.78 Å². The van der Waals surface area contributed by atoms with E-state index in [9.17, 15) is 13.6 Å². The Balaban J connectivity index is 1.85. The highest BCUT2D eigenvalue weighted by molar-refractivity contribution is 5.77. The fourth-order valence-electron chi connectivity index (χ4n) is 2.81. The van der Waals surface area contributed by atoms with Crippen molar-refractivity contribution in [1.29, 1.82) is 0 Å². The minimum atomic E-state index is -0.831. The first-order valence-electron chi connectivity index (χ1n) is 7.04. The molecule has 1 aromatic rings. The van der Waals surface area contributed by atoms with Gasteiger partial charge in [0.2, 0.25) is 5.91 Å². The Morgan fingerprint density at radius 2 is 2.00 bits per heavy atom. The third-order valence-corrected chi connectivity index (χ3v) is 3.94. The molecule has 2 unspecified atom stereocenters. The van der Waals surface area contributed by atoms with E-state index in [4.69, 9.17) is 5.73 Å². The molecule has 0 heterocycles. The number of hydrogen-bond donors (Lipinski definition) is 2. The second-order valence-electron chi connectivity index (χ2n) is 5.35. The fourth-order valence-corrected chi connectivity index (χ4v) is 2.81. The molecule has 2 rings (SSSR count). The molecule has 3 N–H and O–H groups in total. The lowest BCUT2D eigenvalue weighted by Crippen LogP contribution is -2.45. The summed E-state index contributed by atoms with van der Waals surface area (Å²) >= 11 is 0. The Bertz CT molecular complexity index is 479. The molecule has 0 saturated heterocycles. The minimum absolute atomic E-state index is 0.103. The molecule has 20 heavy (non-hydrogen) atoms. The van der Waals surface area contributed by atoms with Crippen molar-refractivity contribution < 1.29 is 13.6 Å². The van der Waals surface area contributed by atoms with Crippen LogP contribution in [0.25, 0.3) is 0 Å². The first-order valence-corrected chi connectivity index (χ1v) is 7.04. The van der Waals surface area contributed by atoms with E-state index in [1.54, 1.807) is 6.07 Å². The first-order chi connectivity index (χ1) is 9.58. The number of amides is 1. The molecule has 0 bridgehead atoms. The van der Waals surface area contributed by atoms with E-state index in [0.29, 0.717) is 13.0 Å². The summed E-state index contributed by atoms with van der Waals surface area (Å²) in [6.07, 6.45) is 4.49. The van der Waals surface area contributed by atoms with Crippen LogP contribution in [0, 0.1) is 17.6 Å². The second-order valence-corrected chi connectivity index (χ2v) is 5.35. The van der Waals surface area contributed by atoms with Crippen molar-refractivity contribution in [2.24, 2.45) is 11.7 Å². The maximum atomic E-state index is 13.1. The van der Waals surface area contributed by atoms with Crippen LogP contribution in [-0.4, -0.2) is 18.5 Å². The van der Waals surface area contributed by atoms with Crippen molar-refractivity contribution in [3.63, 3.8) is 0 Å². The van der Waals surface area contributed by atoms with Gasteiger partial charge in [-0.15, -0.1) is 0 Å². The summed E-state index contributed by atoms with van der Waals surface area (Å²) in [5.41, 5.74) is 6.15. The zero-order chi connectivity index (χ0) is 14.5. The van der Waals surface area contributed by atoms with Crippen molar-refractivity contribution in [1.82, 2.24) is 5.32 Å². The van der Waals surface area contributed by atoms with E-state index in [1.165, 1.54) is 6.07 Å². The molecule has 1 aromatic carbocycles. The number of benzene rings is 1. The van der Waals surface area contributed by atoms with Crippen LogP contribution in [0.1, 0.15) is 31.2 Å². The third kappa shape index (κ3) is 3.76. The Morgan fingerprint density at radius 1 is 1.25 bits per heavy atom. The van der Waals surface area contributed by atoms with Gasteiger partial charge in [-0.3, -0.25) is 4.79 Å². The highest BCUT2D eigenvalue weighted by Crippen LogP contribution is 2.24. The molecular weight excluding hydrogens is 262 g/mol. The number of carbonyl (C=O) groups is 1. The number of rotatable bonds is 5. The molecule has 1 fully saturated rings. The van der Waals surface area contributed by atoms with Crippen molar-refractivity contribution in [2.75, 3.05) is 6.54 Å². The normalized spacial score (nSPS) is 22.7. The highest BCUT2D eigenvalue weighted by Gasteiger charge is 2.28. The number of carbonyl (C=O) groups excluding carboxylic acids is 1. The Hall–Kier alpha value is -1.49. The number of hydrogen-bond acceptors (Lipinski definition) is 2. The maximum absolute atomic E-state index is 13.1. The van der Waals surface area contributed by atoms with Crippen LogP contribution in [0.15, 0.2) is 18.2 Å². The van der Waals surface area contributed by atoms with E-state index in [2.05, 4.69) is 5.32 Å². The van der Waals surface area contributed by atoms with Gasteiger partial charge in [0.25, 0.3) is 0 Å².